The summed E-state index contributed by atoms with van der Waals surface area (Å²) < 4.78 is 0. The summed E-state index contributed by atoms with van der Waals surface area (Å²) in [6.07, 6.45) is 3.07. The van der Waals surface area contributed by atoms with Gasteiger partial charge in [0.05, 0.1) is 6.04 Å². The van der Waals surface area contributed by atoms with Crippen LogP contribution in [0.5, 0.6) is 0 Å². The second kappa shape index (κ2) is 2.10. The van der Waals surface area contributed by atoms with Gasteiger partial charge < -0.3 is 5.32 Å². The van der Waals surface area contributed by atoms with Crippen LogP contribution in [-0.2, 0) is 4.79 Å². The van der Waals surface area contributed by atoms with E-state index in [2.05, 4.69) is 19.2 Å². The molecular weight excluding hydrogens is 114 g/mol. The maximum absolute atomic E-state index is 10.2. The lowest BCUT2D eigenvalue weighted by Gasteiger charge is -2.19. The zero-order chi connectivity index (χ0) is 6.91. The highest BCUT2D eigenvalue weighted by molar-refractivity contribution is 5.60. The molecule has 51 valence electrons. The highest BCUT2D eigenvalue weighted by Gasteiger charge is 2.34. The molecule has 2 nitrogen and oxygen atoms in total. The summed E-state index contributed by atoms with van der Waals surface area (Å²) in [6, 6.07) is -0.0440. The molecule has 1 atom stereocenters. The molecule has 1 fully saturated rings. The summed E-state index contributed by atoms with van der Waals surface area (Å²) in [5.74, 6) is 0. The fraction of sp³-hybridized carbons (Fsp3) is 0.857. The molecule has 0 spiro atoms. The maximum atomic E-state index is 10.2. The fourth-order valence-electron chi connectivity index (χ4n) is 1.16. The van der Waals surface area contributed by atoms with E-state index in [0.29, 0.717) is 0 Å². The van der Waals surface area contributed by atoms with E-state index in [1.165, 1.54) is 0 Å². The van der Waals surface area contributed by atoms with E-state index in [9.17, 15) is 4.79 Å². The largest absolute Gasteiger partial charge is 0.307 e. The second-order valence-corrected chi connectivity index (χ2v) is 3.24. The second-order valence-electron chi connectivity index (χ2n) is 3.24. The van der Waals surface area contributed by atoms with E-state index >= 15 is 0 Å². The normalized spacial score (nSPS) is 32.4. The first-order valence-electron chi connectivity index (χ1n) is 3.28. The predicted molar refractivity (Wildman–Crippen MR) is 35.9 cm³/mol. The molecule has 1 N–H and O–H groups in total. The first kappa shape index (κ1) is 6.75. The number of carbonyl (C=O) groups excluding carboxylic acids is 1. The monoisotopic (exact) mass is 126 g/mol. The van der Waals surface area contributed by atoms with Crippen LogP contribution in [0.2, 0.25) is 0 Å². The Bertz CT molecular complexity index is 120. The van der Waals surface area contributed by atoms with Gasteiger partial charge in [-0.15, -0.1) is 0 Å². The molecule has 1 unspecified atom stereocenters. The molecule has 0 aromatic rings. The Morgan fingerprint density at radius 3 is 2.56 bits per heavy atom. The van der Waals surface area contributed by atoms with Crippen molar-refractivity contribution in [3.8, 4) is 0 Å². The summed E-state index contributed by atoms with van der Waals surface area (Å²) >= 11 is 0. The SMILES string of the molecule is CC1(C)CCNC1[C]=O. The van der Waals surface area contributed by atoms with E-state index in [1.54, 1.807) is 0 Å². The molecule has 0 aromatic heterocycles. The highest BCUT2D eigenvalue weighted by atomic mass is 16.1. The van der Waals surface area contributed by atoms with Crippen molar-refractivity contribution in [2.24, 2.45) is 5.41 Å². The van der Waals surface area contributed by atoms with Gasteiger partial charge in [0, 0.05) is 0 Å². The first-order valence-corrected chi connectivity index (χ1v) is 3.28. The third-order valence-corrected chi connectivity index (χ3v) is 2.02. The summed E-state index contributed by atoms with van der Waals surface area (Å²) in [4.78, 5) is 10.2. The van der Waals surface area contributed by atoms with Gasteiger partial charge in [-0.05, 0) is 18.4 Å². The van der Waals surface area contributed by atoms with Crippen molar-refractivity contribution in [3.63, 3.8) is 0 Å². The smallest absolute Gasteiger partial charge is 0.217 e. The summed E-state index contributed by atoms with van der Waals surface area (Å²) in [7, 11) is 0. The lowest BCUT2D eigenvalue weighted by atomic mass is 9.86. The zero-order valence-electron chi connectivity index (χ0n) is 5.90. The Labute approximate surface area is 55.6 Å². The minimum Gasteiger partial charge on any atom is -0.307 e. The van der Waals surface area contributed by atoms with Crippen molar-refractivity contribution in [2.75, 3.05) is 6.54 Å². The lowest BCUT2D eigenvalue weighted by Crippen LogP contribution is -2.33. The third kappa shape index (κ3) is 1.13. The molecular formula is C7H12NO. The number of rotatable bonds is 1. The van der Waals surface area contributed by atoms with E-state index in [4.69, 9.17) is 0 Å². The standard InChI is InChI=1S/C7H12NO/c1-7(2)3-4-8-6(7)5-9/h6,8H,3-4H2,1-2H3. The Balaban J connectivity index is 2.62. The van der Waals surface area contributed by atoms with Crippen LogP contribution in [0.1, 0.15) is 20.3 Å². The number of nitrogens with one attached hydrogen (secondary N) is 1. The highest BCUT2D eigenvalue weighted by Crippen LogP contribution is 2.27. The quantitative estimate of drug-likeness (QED) is 0.554. The van der Waals surface area contributed by atoms with Crippen LogP contribution >= 0.6 is 0 Å². The molecule has 1 aliphatic heterocycles. The van der Waals surface area contributed by atoms with Gasteiger partial charge in [-0.3, -0.25) is 4.79 Å². The van der Waals surface area contributed by atoms with Gasteiger partial charge in [0.25, 0.3) is 0 Å². The molecule has 0 saturated carbocycles. The van der Waals surface area contributed by atoms with Crippen molar-refractivity contribution in [2.45, 2.75) is 26.3 Å². The van der Waals surface area contributed by atoms with E-state index in [-0.39, 0.29) is 11.5 Å². The topological polar surface area (TPSA) is 29.1 Å². The first-order chi connectivity index (χ1) is 4.17. The summed E-state index contributed by atoms with van der Waals surface area (Å²) in [5, 5.41) is 3.07. The zero-order valence-corrected chi connectivity index (χ0v) is 5.90. The number of hydrogen-bond donors (Lipinski definition) is 1. The molecule has 1 radical (unpaired) electrons. The molecule has 0 bridgehead atoms. The van der Waals surface area contributed by atoms with Gasteiger partial charge in [-0.1, -0.05) is 13.8 Å². The van der Waals surface area contributed by atoms with Gasteiger partial charge in [0.1, 0.15) is 0 Å². The van der Waals surface area contributed by atoms with Crippen molar-refractivity contribution < 1.29 is 4.79 Å². The molecule has 1 rings (SSSR count). The fourth-order valence-corrected chi connectivity index (χ4v) is 1.16. The Morgan fingerprint density at radius 2 is 2.33 bits per heavy atom. The summed E-state index contributed by atoms with van der Waals surface area (Å²) in [5.41, 5.74) is 0.127. The molecule has 0 aromatic carbocycles. The van der Waals surface area contributed by atoms with Crippen LogP contribution in [0.15, 0.2) is 0 Å². The Kier molecular flexibility index (Phi) is 1.58. The van der Waals surface area contributed by atoms with Gasteiger partial charge >= 0.3 is 0 Å². The average Bonchev–Trinajstić information content (AvgIpc) is 2.08. The minimum atomic E-state index is -0.0440. The third-order valence-electron chi connectivity index (χ3n) is 2.02. The van der Waals surface area contributed by atoms with E-state index in [1.807, 2.05) is 6.29 Å². The average molecular weight is 126 g/mol. The van der Waals surface area contributed by atoms with Crippen LogP contribution in [0.25, 0.3) is 0 Å². The molecule has 0 amide bonds. The van der Waals surface area contributed by atoms with Crippen molar-refractivity contribution in [3.05, 3.63) is 0 Å². The van der Waals surface area contributed by atoms with Crippen LogP contribution in [0.4, 0.5) is 0 Å². The molecule has 1 saturated heterocycles. The molecule has 9 heavy (non-hydrogen) atoms. The van der Waals surface area contributed by atoms with Gasteiger partial charge in [-0.25, -0.2) is 0 Å². The van der Waals surface area contributed by atoms with E-state index in [0.717, 1.165) is 13.0 Å². The molecule has 1 heterocycles. The molecule has 0 aliphatic carbocycles. The van der Waals surface area contributed by atoms with Crippen molar-refractivity contribution in [1.82, 2.24) is 5.32 Å². The summed E-state index contributed by atoms with van der Waals surface area (Å²) in [6.45, 7) is 5.12. The Morgan fingerprint density at radius 1 is 1.67 bits per heavy atom. The van der Waals surface area contributed by atoms with Crippen LogP contribution in [0.3, 0.4) is 0 Å². The van der Waals surface area contributed by atoms with Crippen molar-refractivity contribution in [1.29, 1.82) is 0 Å². The van der Waals surface area contributed by atoms with Gasteiger partial charge in [0.2, 0.25) is 6.29 Å². The van der Waals surface area contributed by atoms with Gasteiger partial charge in [0.15, 0.2) is 0 Å². The van der Waals surface area contributed by atoms with Gasteiger partial charge in [-0.2, -0.15) is 0 Å². The van der Waals surface area contributed by atoms with Crippen LogP contribution < -0.4 is 5.32 Å². The Hall–Kier alpha value is -0.370. The molecule has 1 aliphatic rings. The minimum absolute atomic E-state index is 0.0440. The van der Waals surface area contributed by atoms with Crippen LogP contribution in [0, 0.1) is 5.41 Å². The molecule has 2 heteroatoms. The number of hydrogen-bond acceptors (Lipinski definition) is 2. The van der Waals surface area contributed by atoms with Crippen molar-refractivity contribution >= 4 is 6.29 Å². The lowest BCUT2D eigenvalue weighted by molar-refractivity contribution is 0.360. The predicted octanol–water partition coefficient (Wildman–Crippen LogP) is 0.484. The maximum Gasteiger partial charge on any atom is 0.217 e. The van der Waals surface area contributed by atoms with E-state index < -0.39 is 0 Å². The van der Waals surface area contributed by atoms with Crippen LogP contribution in [-0.4, -0.2) is 18.9 Å².